The minimum atomic E-state index is -0.0207. The molecule has 0 aliphatic carbocycles. The molecule has 0 atom stereocenters. The predicted molar refractivity (Wildman–Crippen MR) is 44.4 cm³/mol. The molecule has 0 spiro atoms. The molecule has 2 aromatic rings. The molecule has 65 valence electrons. The Kier molecular flexibility index (Phi) is 1.70. The standard InChI is InChI=1S/C8H7N4O/c1-12-10-8(9-11-12)6-2-4-7(13)5-3-6/h2-5H,1H3. The molecule has 5 nitrogen and oxygen atoms in total. The van der Waals surface area contributed by atoms with Gasteiger partial charge in [0.05, 0.1) is 7.05 Å². The number of aromatic nitrogens is 4. The first kappa shape index (κ1) is 7.72. The molecule has 1 aromatic carbocycles. The zero-order chi connectivity index (χ0) is 9.26. The first-order chi connectivity index (χ1) is 6.25. The molecule has 0 saturated carbocycles. The fourth-order valence-corrected chi connectivity index (χ4v) is 1.00. The molecular weight excluding hydrogens is 168 g/mol. The molecule has 0 N–H and O–H groups in total. The number of hydrogen-bond acceptors (Lipinski definition) is 3. The van der Waals surface area contributed by atoms with Gasteiger partial charge in [0.25, 0.3) is 0 Å². The Morgan fingerprint density at radius 3 is 2.46 bits per heavy atom. The van der Waals surface area contributed by atoms with Gasteiger partial charge in [-0.1, -0.05) is 0 Å². The lowest BCUT2D eigenvalue weighted by Crippen LogP contribution is -1.91. The van der Waals surface area contributed by atoms with Crippen molar-refractivity contribution in [3.63, 3.8) is 0 Å². The highest BCUT2D eigenvalue weighted by Gasteiger charge is 2.03. The molecule has 0 aliphatic rings. The quantitative estimate of drug-likeness (QED) is 0.650. The van der Waals surface area contributed by atoms with E-state index in [0.29, 0.717) is 5.82 Å². The van der Waals surface area contributed by atoms with Crippen LogP contribution in [-0.4, -0.2) is 20.2 Å². The van der Waals surface area contributed by atoms with Crippen LogP contribution in [0.1, 0.15) is 0 Å². The third-order valence-electron chi connectivity index (χ3n) is 1.62. The Hall–Kier alpha value is -1.91. The van der Waals surface area contributed by atoms with Gasteiger partial charge in [-0.25, -0.2) is 0 Å². The normalized spacial score (nSPS) is 10.2. The van der Waals surface area contributed by atoms with E-state index in [4.69, 9.17) is 0 Å². The molecular formula is C8H7N4O. The van der Waals surface area contributed by atoms with Gasteiger partial charge in [0.15, 0.2) is 5.75 Å². The second-order valence-corrected chi connectivity index (χ2v) is 2.63. The van der Waals surface area contributed by atoms with Crippen molar-refractivity contribution in [2.45, 2.75) is 0 Å². The molecule has 2 rings (SSSR count). The molecule has 1 aromatic heterocycles. The monoisotopic (exact) mass is 175 g/mol. The summed E-state index contributed by atoms with van der Waals surface area (Å²) in [5.74, 6) is 0.509. The summed E-state index contributed by atoms with van der Waals surface area (Å²) >= 11 is 0. The lowest BCUT2D eigenvalue weighted by molar-refractivity contribution is 0.355. The molecule has 0 aliphatic heterocycles. The van der Waals surface area contributed by atoms with Crippen molar-refractivity contribution in [1.82, 2.24) is 20.2 Å². The SMILES string of the molecule is Cn1nnc(-c2ccc([O])cc2)n1. The van der Waals surface area contributed by atoms with Crippen LogP contribution in [-0.2, 0) is 12.2 Å². The first-order valence-corrected chi connectivity index (χ1v) is 3.77. The van der Waals surface area contributed by atoms with E-state index in [2.05, 4.69) is 15.4 Å². The molecule has 0 saturated heterocycles. The van der Waals surface area contributed by atoms with Crippen molar-refractivity contribution in [3.05, 3.63) is 24.3 Å². The fourth-order valence-electron chi connectivity index (χ4n) is 1.00. The minimum absolute atomic E-state index is 0.0207. The van der Waals surface area contributed by atoms with E-state index in [1.54, 1.807) is 19.2 Å². The zero-order valence-corrected chi connectivity index (χ0v) is 7.01. The second kappa shape index (κ2) is 2.85. The van der Waals surface area contributed by atoms with E-state index in [1.807, 2.05) is 0 Å². The van der Waals surface area contributed by atoms with Crippen molar-refractivity contribution >= 4 is 0 Å². The van der Waals surface area contributed by atoms with Crippen molar-refractivity contribution in [1.29, 1.82) is 0 Å². The highest BCUT2D eigenvalue weighted by molar-refractivity contribution is 5.54. The molecule has 0 amide bonds. The molecule has 1 heterocycles. The average Bonchev–Trinajstić information content (AvgIpc) is 2.53. The average molecular weight is 175 g/mol. The number of rotatable bonds is 1. The van der Waals surface area contributed by atoms with Crippen LogP contribution in [0.4, 0.5) is 0 Å². The van der Waals surface area contributed by atoms with Gasteiger partial charge in [0, 0.05) is 5.56 Å². The molecule has 13 heavy (non-hydrogen) atoms. The van der Waals surface area contributed by atoms with Crippen LogP contribution in [0, 0.1) is 0 Å². The van der Waals surface area contributed by atoms with E-state index in [0.717, 1.165) is 5.56 Å². The van der Waals surface area contributed by atoms with Crippen LogP contribution in [0.5, 0.6) is 5.75 Å². The molecule has 0 fully saturated rings. The van der Waals surface area contributed by atoms with Crippen LogP contribution < -0.4 is 0 Å². The lowest BCUT2D eigenvalue weighted by atomic mass is 10.2. The van der Waals surface area contributed by atoms with Gasteiger partial charge >= 0.3 is 0 Å². The molecule has 0 unspecified atom stereocenters. The first-order valence-electron chi connectivity index (χ1n) is 3.77. The lowest BCUT2D eigenvalue weighted by Gasteiger charge is -1.91. The topological polar surface area (TPSA) is 63.5 Å². The van der Waals surface area contributed by atoms with Crippen LogP contribution in [0.25, 0.3) is 11.4 Å². The third kappa shape index (κ3) is 1.48. The maximum absolute atomic E-state index is 10.8. The van der Waals surface area contributed by atoms with E-state index >= 15 is 0 Å². The van der Waals surface area contributed by atoms with Crippen molar-refractivity contribution < 1.29 is 5.11 Å². The highest BCUT2D eigenvalue weighted by atomic mass is 16.3. The van der Waals surface area contributed by atoms with Gasteiger partial charge < -0.3 is 0 Å². The van der Waals surface area contributed by atoms with Gasteiger partial charge in [0.1, 0.15) is 0 Å². The third-order valence-corrected chi connectivity index (χ3v) is 1.62. The van der Waals surface area contributed by atoms with Gasteiger partial charge in [-0.15, -0.1) is 10.2 Å². The van der Waals surface area contributed by atoms with Crippen LogP contribution in [0.2, 0.25) is 0 Å². The maximum Gasteiger partial charge on any atom is 0.204 e. The fraction of sp³-hybridized carbons (Fsp3) is 0.125. The summed E-state index contributed by atoms with van der Waals surface area (Å²) in [6, 6.07) is 6.32. The summed E-state index contributed by atoms with van der Waals surface area (Å²) < 4.78 is 0. The summed E-state index contributed by atoms with van der Waals surface area (Å²) in [6.45, 7) is 0. The zero-order valence-electron chi connectivity index (χ0n) is 7.01. The van der Waals surface area contributed by atoms with Crippen LogP contribution in [0.3, 0.4) is 0 Å². The van der Waals surface area contributed by atoms with E-state index in [1.165, 1.54) is 16.9 Å². The number of aryl methyl sites for hydroxylation is 1. The minimum Gasteiger partial charge on any atom is -0.290 e. The maximum atomic E-state index is 10.8. The molecule has 5 heteroatoms. The number of nitrogens with zero attached hydrogens (tertiary/aromatic N) is 4. The highest BCUT2D eigenvalue weighted by Crippen LogP contribution is 2.17. The molecule has 0 bridgehead atoms. The summed E-state index contributed by atoms with van der Waals surface area (Å²) in [4.78, 5) is 1.38. The van der Waals surface area contributed by atoms with Crippen molar-refractivity contribution in [3.8, 4) is 17.1 Å². The van der Waals surface area contributed by atoms with E-state index in [-0.39, 0.29) is 5.75 Å². The number of tetrazole rings is 1. The van der Waals surface area contributed by atoms with Gasteiger partial charge in [-0.3, -0.25) is 5.11 Å². The number of benzene rings is 1. The largest absolute Gasteiger partial charge is 0.290 e. The van der Waals surface area contributed by atoms with E-state index < -0.39 is 0 Å². The Balaban J connectivity index is 2.41. The van der Waals surface area contributed by atoms with Crippen LogP contribution >= 0.6 is 0 Å². The van der Waals surface area contributed by atoms with Gasteiger partial charge in [0.2, 0.25) is 5.82 Å². The molecule has 1 radical (unpaired) electrons. The Morgan fingerprint density at radius 2 is 1.92 bits per heavy atom. The summed E-state index contributed by atoms with van der Waals surface area (Å²) in [5, 5.41) is 22.3. The predicted octanol–water partition coefficient (Wildman–Crippen LogP) is 1.02. The van der Waals surface area contributed by atoms with Gasteiger partial charge in [-0.2, -0.15) is 4.80 Å². The van der Waals surface area contributed by atoms with Crippen molar-refractivity contribution in [2.24, 2.45) is 7.05 Å². The summed E-state index contributed by atoms with van der Waals surface area (Å²) in [5.41, 5.74) is 0.799. The summed E-state index contributed by atoms with van der Waals surface area (Å²) in [7, 11) is 1.69. The van der Waals surface area contributed by atoms with E-state index in [9.17, 15) is 5.11 Å². The Bertz CT molecular complexity index is 406. The van der Waals surface area contributed by atoms with Crippen molar-refractivity contribution in [2.75, 3.05) is 0 Å². The Morgan fingerprint density at radius 1 is 1.23 bits per heavy atom. The van der Waals surface area contributed by atoms with Gasteiger partial charge in [-0.05, 0) is 29.5 Å². The summed E-state index contributed by atoms with van der Waals surface area (Å²) in [6.07, 6.45) is 0. The van der Waals surface area contributed by atoms with Crippen LogP contribution in [0.15, 0.2) is 24.3 Å². The Labute approximate surface area is 74.6 Å². The smallest absolute Gasteiger partial charge is 0.204 e. The number of hydrogen-bond donors (Lipinski definition) is 0. The second-order valence-electron chi connectivity index (χ2n) is 2.63.